The van der Waals surface area contributed by atoms with Crippen LogP contribution in [0.25, 0.3) is 0 Å². The van der Waals surface area contributed by atoms with Gasteiger partial charge in [0.1, 0.15) is 0 Å². The molecule has 0 radical (unpaired) electrons. The second kappa shape index (κ2) is 8.07. The number of amides is 1. The second-order valence-corrected chi connectivity index (χ2v) is 7.43. The van der Waals surface area contributed by atoms with E-state index >= 15 is 0 Å². The molecule has 0 aliphatic carbocycles. The summed E-state index contributed by atoms with van der Waals surface area (Å²) in [6.45, 7) is 4.08. The van der Waals surface area contributed by atoms with Crippen molar-refractivity contribution in [3.05, 3.63) is 69.8 Å². The Hall–Kier alpha value is -2.78. The highest BCUT2D eigenvalue weighted by Gasteiger charge is 2.17. The molecular formula is C17H19N3O5S. The zero-order chi connectivity index (χ0) is 19.3. The molecule has 0 aliphatic heterocycles. The first-order valence-corrected chi connectivity index (χ1v) is 9.39. The molecule has 0 aromatic heterocycles. The zero-order valence-corrected chi connectivity index (χ0v) is 15.1. The van der Waals surface area contributed by atoms with Gasteiger partial charge in [-0.3, -0.25) is 20.3 Å². The lowest BCUT2D eigenvalue weighted by Gasteiger charge is -2.11. The van der Waals surface area contributed by atoms with Crippen molar-refractivity contribution in [2.24, 2.45) is 0 Å². The first-order chi connectivity index (χ1) is 12.2. The number of hydrogen-bond acceptors (Lipinski definition) is 5. The fourth-order valence-electron chi connectivity index (χ4n) is 2.22. The van der Waals surface area contributed by atoms with Gasteiger partial charge in [-0.05, 0) is 36.1 Å². The quantitative estimate of drug-likeness (QED) is 0.568. The van der Waals surface area contributed by atoms with Gasteiger partial charge in [-0.2, -0.15) is 0 Å². The lowest BCUT2D eigenvalue weighted by atomic mass is 9.99. The van der Waals surface area contributed by atoms with E-state index in [4.69, 9.17) is 0 Å². The molecule has 2 rings (SSSR count). The van der Waals surface area contributed by atoms with E-state index in [1.807, 2.05) is 18.7 Å². The van der Waals surface area contributed by atoms with Gasteiger partial charge in [-0.25, -0.2) is 8.42 Å². The smallest absolute Gasteiger partial charge is 0.270 e. The highest BCUT2D eigenvalue weighted by Crippen LogP contribution is 2.20. The van der Waals surface area contributed by atoms with Crippen molar-refractivity contribution in [3.8, 4) is 0 Å². The minimum atomic E-state index is -3.95. The van der Waals surface area contributed by atoms with Gasteiger partial charge in [-0.1, -0.05) is 32.0 Å². The van der Waals surface area contributed by atoms with Gasteiger partial charge in [-0.15, -0.1) is 4.83 Å². The van der Waals surface area contributed by atoms with Crippen LogP contribution in [-0.2, 0) is 10.0 Å². The Kier molecular flexibility index (Phi) is 6.06. The molecule has 1 atom stereocenters. The molecule has 0 saturated carbocycles. The molecule has 26 heavy (non-hydrogen) atoms. The topological polar surface area (TPSA) is 118 Å². The number of nitrogens with zero attached hydrogens (tertiary/aromatic N) is 1. The minimum Gasteiger partial charge on any atom is -0.273 e. The van der Waals surface area contributed by atoms with Gasteiger partial charge in [0.15, 0.2) is 0 Å². The Bertz CT molecular complexity index is 910. The number of benzene rings is 2. The summed E-state index contributed by atoms with van der Waals surface area (Å²) in [5.41, 5.74) is 2.78. The number of hydrazine groups is 1. The highest BCUT2D eigenvalue weighted by molar-refractivity contribution is 7.89. The number of carbonyl (C=O) groups is 1. The first kappa shape index (κ1) is 19.5. The van der Waals surface area contributed by atoms with Gasteiger partial charge in [0.2, 0.25) is 0 Å². The number of nitro benzene ring substituents is 1. The van der Waals surface area contributed by atoms with E-state index in [2.05, 4.69) is 5.43 Å². The predicted octanol–water partition coefficient (Wildman–Crippen LogP) is 2.73. The molecule has 0 saturated heterocycles. The summed E-state index contributed by atoms with van der Waals surface area (Å²) in [5, 5.41) is 10.7. The van der Waals surface area contributed by atoms with E-state index in [1.54, 1.807) is 12.1 Å². The van der Waals surface area contributed by atoms with Crippen molar-refractivity contribution in [3.63, 3.8) is 0 Å². The van der Waals surface area contributed by atoms with Crippen LogP contribution in [-0.4, -0.2) is 19.2 Å². The lowest BCUT2D eigenvalue weighted by molar-refractivity contribution is -0.384. The summed E-state index contributed by atoms with van der Waals surface area (Å²) < 4.78 is 24.5. The zero-order valence-electron chi connectivity index (χ0n) is 14.3. The molecular weight excluding hydrogens is 358 g/mol. The van der Waals surface area contributed by atoms with Gasteiger partial charge < -0.3 is 0 Å². The predicted molar refractivity (Wildman–Crippen MR) is 96.0 cm³/mol. The van der Waals surface area contributed by atoms with Crippen LogP contribution in [0.2, 0.25) is 0 Å². The molecule has 1 amide bonds. The van der Waals surface area contributed by atoms with E-state index in [1.165, 1.54) is 30.3 Å². The molecule has 0 fully saturated rings. The minimum absolute atomic E-state index is 0.00361. The van der Waals surface area contributed by atoms with Crippen molar-refractivity contribution in [2.75, 3.05) is 0 Å². The summed E-state index contributed by atoms with van der Waals surface area (Å²) in [4.78, 5) is 24.1. The van der Waals surface area contributed by atoms with E-state index in [-0.39, 0.29) is 16.1 Å². The summed E-state index contributed by atoms with van der Waals surface area (Å²) in [6, 6.07) is 11.4. The number of carbonyl (C=O) groups excluding carboxylic acids is 1. The Morgan fingerprint density at radius 1 is 1.19 bits per heavy atom. The van der Waals surface area contributed by atoms with Crippen molar-refractivity contribution in [1.82, 2.24) is 10.3 Å². The molecule has 0 spiro atoms. The lowest BCUT2D eigenvalue weighted by Crippen LogP contribution is -2.41. The van der Waals surface area contributed by atoms with E-state index in [0.717, 1.165) is 18.1 Å². The molecule has 2 aromatic carbocycles. The summed E-state index contributed by atoms with van der Waals surface area (Å²) in [5.74, 6) is -0.484. The van der Waals surface area contributed by atoms with Gasteiger partial charge in [0.05, 0.1) is 9.82 Å². The summed E-state index contributed by atoms with van der Waals surface area (Å²) in [6.07, 6.45) is 0.934. The summed E-state index contributed by atoms with van der Waals surface area (Å²) in [7, 11) is -3.95. The molecule has 138 valence electrons. The van der Waals surface area contributed by atoms with E-state index in [9.17, 15) is 23.3 Å². The van der Waals surface area contributed by atoms with Crippen LogP contribution >= 0.6 is 0 Å². The molecule has 0 bridgehead atoms. The third-order valence-electron chi connectivity index (χ3n) is 3.99. The van der Waals surface area contributed by atoms with Gasteiger partial charge in [0, 0.05) is 17.7 Å². The van der Waals surface area contributed by atoms with Gasteiger partial charge >= 0.3 is 0 Å². The normalized spacial score (nSPS) is 12.4. The van der Waals surface area contributed by atoms with Crippen molar-refractivity contribution in [2.45, 2.75) is 31.1 Å². The van der Waals surface area contributed by atoms with Crippen LogP contribution in [0.5, 0.6) is 0 Å². The molecule has 0 aliphatic rings. The Morgan fingerprint density at radius 3 is 2.42 bits per heavy atom. The molecule has 9 heteroatoms. The van der Waals surface area contributed by atoms with Crippen LogP contribution < -0.4 is 10.3 Å². The molecule has 2 N–H and O–H groups in total. The number of nitrogens with one attached hydrogen (secondary N) is 2. The second-order valence-electron chi connectivity index (χ2n) is 5.75. The SMILES string of the molecule is CC[C@@H](C)c1ccc(S(=O)(=O)NNC(=O)c2cccc([N+](=O)[O-])c2)cc1. The Morgan fingerprint density at radius 2 is 1.85 bits per heavy atom. The number of non-ortho nitro benzene ring substituents is 1. The number of sulfonamides is 1. The van der Waals surface area contributed by atoms with Crippen LogP contribution in [0.15, 0.2) is 53.4 Å². The standard InChI is InChI=1S/C17H19N3O5S/c1-3-12(2)13-7-9-16(10-8-13)26(24,25)19-18-17(21)14-5-4-6-15(11-14)20(22)23/h4-12,19H,3H2,1-2H3,(H,18,21)/t12-/m1/s1. The number of nitro groups is 1. The van der Waals surface area contributed by atoms with Crippen LogP contribution in [0, 0.1) is 10.1 Å². The third-order valence-corrected chi connectivity index (χ3v) is 5.25. The monoisotopic (exact) mass is 377 g/mol. The first-order valence-electron chi connectivity index (χ1n) is 7.91. The number of rotatable bonds is 7. The van der Waals surface area contributed by atoms with Crippen molar-refractivity contribution in [1.29, 1.82) is 0 Å². The Labute approximate surface area is 151 Å². The summed E-state index contributed by atoms with van der Waals surface area (Å²) >= 11 is 0. The highest BCUT2D eigenvalue weighted by atomic mass is 32.2. The fraction of sp³-hybridized carbons (Fsp3) is 0.235. The van der Waals surface area contributed by atoms with E-state index < -0.39 is 20.9 Å². The maximum Gasteiger partial charge on any atom is 0.270 e. The van der Waals surface area contributed by atoms with Crippen LogP contribution in [0.1, 0.15) is 42.1 Å². The van der Waals surface area contributed by atoms with Crippen molar-refractivity contribution >= 4 is 21.6 Å². The molecule has 0 heterocycles. The fourth-order valence-corrected chi connectivity index (χ4v) is 3.06. The molecule has 8 nitrogen and oxygen atoms in total. The number of hydrogen-bond donors (Lipinski definition) is 2. The largest absolute Gasteiger partial charge is 0.273 e. The molecule has 0 unspecified atom stereocenters. The maximum absolute atomic E-state index is 12.3. The molecule has 2 aromatic rings. The van der Waals surface area contributed by atoms with Crippen LogP contribution in [0.4, 0.5) is 5.69 Å². The van der Waals surface area contributed by atoms with Crippen molar-refractivity contribution < 1.29 is 18.1 Å². The van der Waals surface area contributed by atoms with Gasteiger partial charge in [0.25, 0.3) is 21.6 Å². The maximum atomic E-state index is 12.3. The Balaban J connectivity index is 2.09. The van der Waals surface area contributed by atoms with Crippen LogP contribution in [0.3, 0.4) is 0 Å². The van der Waals surface area contributed by atoms with E-state index in [0.29, 0.717) is 5.92 Å². The average Bonchev–Trinajstić information content (AvgIpc) is 2.65. The third kappa shape index (κ3) is 4.64. The average molecular weight is 377 g/mol.